The lowest BCUT2D eigenvalue weighted by molar-refractivity contribution is 0.403. The highest BCUT2D eigenvalue weighted by atomic mass is 32.2. The fourth-order valence-corrected chi connectivity index (χ4v) is 2.87. The van der Waals surface area contributed by atoms with Crippen molar-refractivity contribution in [3.05, 3.63) is 0 Å². The summed E-state index contributed by atoms with van der Waals surface area (Å²) in [5, 5.41) is 4.76. The number of aliphatic imine (C=N–C) groups is 1. The molecule has 1 heterocycles. The molecule has 2 nitrogen and oxygen atoms in total. The van der Waals surface area contributed by atoms with E-state index >= 15 is 0 Å². The summed E-state index contributed by atoms with van der Waals surface area (Å²) in [4.78, 5) is 4.57. The van der Waals surface area contributed by atoms with Gasteiger partial charge in [0, 0.05) is 17.8 Å². The molecule has 1 aliphatic heterocycles. The summed E-state index contributed by atoms with van der Waals surface area (Å²) in [5.41, 5.74) is 0.256. The Bertz CT molecular complexity index is 244. The van der Waals surface area contributed by atoms with Crippen LogP contribution in [-0.4, -0.2) is 23.0 Å². The second-order valence-corrected chi connectivity index (χ2v) is 6.19. The van der Waals surface area contributed by atoms with E-state index in [0.717, 1.165) is 18.4 Å². The van der Waals surface area contributed by atoms with Crippen LogP contribution in [0.5, 0.6) is 0 Å². The zero-order valence-corrected chi connectivity index (χ0v) is 10.2. The molecule has 1 aliphatic carbocycles. The lowest BCUT2D eigenvalue weighted by Gasteiger charge is -2.30. The molecule has 1 unspecified atom stereocenters. The van der Waals surface area contributed by atoms with Crippen molar-refractivity contribution in [1.29, 1.82) is 0 Å². The molecular weight excluding hydrogens is 192 g/mol. The molecule has 0 spiro atoms. The highest BCUT2D eigenvalue weighted by Crippen LogP contribution is 2.39. The highest BCUT2D eigenvalue weighted by Gasteiger charge is 2.38. The molecule has 0 saturated heterocycles. The average Bonchev–Trinajstić information content (AvgIpc) is 2.91. The first kappa shape index (κ1) is 10.3. The first-order valence-corrected chi connectivity index (χ1v) is 6.52. The maximum atomic E-state index is 4.57. The molecule has 1 saturated carbocycles. The molecule has 3 heteroatoms. The SMILES string of the molecule is CC1CN=C(NC(C)(C)C2CC2)SC1. The van der Waals surface area contributed by atoms with Crippen molar-refractivity contribution < 1.29 is 0 Å². The van der Waals surface area contributed by atoms with Crippen LogP contribution in [0.25, 0.3) is 0 Å². The number of nitrogens with zero attached hydrogens (tertiary/aromatic N) is 1. The van der Waals surface area contributed by atoms with Crippen LogP contribution in [0.4, 0.5) is 0 Å². The molecule has 2 rings (SSSR count). The van der Waals surface area contributed by atoms with E-state index in [1.54, 1.807) is 0 Å². The van der Waals surface area contributed by atoms with Crippen LogP contribution >= 0.6 is 11.8 Å². The van der Waals surface area contributed by atoms with Crippen molar-refractivity contribution >= 4 is 16.9 Å². The summed E-state index contributed by atoms with van der Waals surface area (Å²) in [6.07, 6.45) is 2.77. The molecule has 0 aromatic heterocycles. The molecule has 1 N–H and O–H groups in total. The molecule has 14 heavy (non-hydrogen) atoms. The first-order valence-electron chi connectivity index (χ1n) is 5.53. The molecule has 1 atom stereocenters. The van der Waals surface area contributed by atoms with Crippen LogP contribution < -0.4 is 5.32 Å². The third-order valence-corrected chi connectivity index (χ3v) is 4.32. The van der Waals surface area contributed by atoms with Gasteiger partial charge in [0.25, 0.3) is 0 Å². The number of hydrogen-bond donors (Lipinski definition) is 1. The Kier molecular flexibility index (Phi) is 2.78. The fraction of sp³-hybridized carbons (Fsp3) is 0.909. The zero-order valence-electron chi connectivity index (χ0n) is 9.34. The van der Waals surface area contributed by atoms with Crippen molar-refractivity contribution in [3.8, 4) is 0 Å². The third-order valence-electron chi connectivity index (χ3n) is 3.08. The highest BCUT2D eigenvalue weighted by molar-refractivity contribution is 8.13. The Balaban J connectivity index is 1.90. The largest absolute Gasteiger partial charge is 0.360 e. The van der Waals surface area contributed by atoms with E-state index in [4.69, 9.17) is 0 Å². The minimum Gasteiger partial charge on any atom is -0.360 e. The van der Waals surface area contributed by atoms with Crippen molar-refractivity contribution in [2.45, 2.75) is 39.2 Å². The molecule has 0 aromatic carbocycles. The van der Waals surface area contributed by atoms with Gasteiger partial charge in [0.15, 0.2) is 5.17 Å². The van der Waals surface area contributed by atoms with Gasteiger partial charge in [-0.25, -0.2) is 0 Å². The normalized spacial score (nSPS) is 28.5. The van der Waals surface area contributed by atoms with Crippen LogP contribution in [0.3, 0.4) is 0 Å². The number of nitrogens with one attached hydrogen (secondary N) is 1. The molecule has 0 amide bonds. The summed E-state index contributed by atoms with van der Waals surface area (Å²) in [6, 6.07) is 0. The second-order valence-electron chi connectivity index (χ2n) is 5.18. The van der Waals surface area contributed by atoms with Crippen molar-refractivity contribution in [1.82, 2.24) is 5.32 Å². The molecule has 1 fully saturated rings. The van der Waals surface area contributed by atoms with Crippen LogP contribution in [0.1, 0.15) is 33.6 Å². The van der Waals surface area contributed by atoms with Gasteiger partial charge >= 0.3 is 0 Å². The maximum Gasteiger partial charge on any atom is 0.156 e. The Morgan fingerprint density at radius 2 is 2.14 bits per heavy atom. The summed E-state index contributed by atoms with van der Waals surface area (Å²) in [5.74, 6) is 2.83. The van der Waals surface area contributed by atoms with Gasteiger partial charge in [-0.1, -0.05) is 18.7 Å². The van der Waals surface area contributed by atoms with E-state index in [1.807, 2.05) is 11.8 Å². The predicted molar refractivity (Wildman–Crippen MR) is 63.9 cm³/mol. The second kappa shape index (κ2) is 3.76. The molecule has 0 aromatic rings. The molecular formula is C11H20N2S. The topological polar surface area (TPSA) is 24.4 Å². The monoisotopic (exact) mass is 212 g/mol. The minimum absolute atomic E-state index is 0.256. The lowest BCUT2D eigenvalue weighted by atomic mass is 9.99. The van der Waals surface area contributed by atoms with E-state index in [9.17, 15) is 0 Å². The molecule has 2 aliphatic rings. The Hall–Kier alpha value is -0.180. The predicted octanol–water partition coefficient (Wildman–Crippen LogP) is 2.50. The Morgan fingerprint density at radius 1 is 1.43 bits per heavy atom. The van der Waals surface area contributed by atoms with E-state index < -0.39 is 0 Å². The van der Waals surface area contributed by atoms with Gasteiger partial charge in [-0.05, 0) is 38.5 Å². The maximum absolute atomic E-state index is 4.57. The van der Waals surface area contributed by atoms with Crippen molar-refractivity contribution in [2.75, 3.05) is 12.3 Å². The van der Waals surface area contributed by atoms with Crippen LogP contribution in [0.15, 0.2) is 4.99 Å². The molecule has 80 valence electrons. The standard InChI is InChI=1S/C11H20N2S/c1-8-6-12-10(14-7-8)13-11(2,3)9-4-5-9/h8-9H,4-7H2,1-3H3,(H,12,13). The molecule has 0 bridgehead atoms. The number of thioether (sulfide) groups is 1. The van der Waals surface area contributed by atoms with E-state index in [0.29, 0.717) is 0 Å². The van der Waals surface area contributed by atoms with E-state index in [-0.39, 0.29) is 5.54 Å². The average molecular weight is 212 g/mol. The van der Waals surface area contributed by atoms with Gasteiger partial charge in [0.05, 0.1) is 0 Å². The van der Waals surface area contributed by atoms with Gasteiger partial charge in [-0.2, -0.15) is 0 Å². The fourth-order valence-electron chi connectivity index (χ4n) is 1.82. The Morgan fingerprint density at radius 3 is 2.64 bits per heavy atom. The number of amidine groups is 1. The van der Waals surface area contributed by atoms with Gasteiger partial charge in [0.2, 0.25) is 0 Å². The van der Waals surface area contributed by atoms with Crippen LogP contribution in [0.2, 0.25) is 0 Å². The first-order chi connectivity index (χ1) is 6.58. The van der Waals surface area contributed by atoms with E-state index in [2.05, 4.69) is 31.1 Å². The van der Waals surface area contributed by atoms with Crippen LogP contribution in [-0.2, 0) is 0 Å². The third kappa shape index (κ3) is 2.44. The van der Waals surface area contributed by atoms with Crippen molar-refractivity contribution in [2.24, 2.45) is 16.8 Å². The lowest BCUT2D eigenvalue weighted by Crippen LogP contribution is -2.45. The van der Waals surface area contributed by atoms with Gasteiger partial charge < -0.3 is 5.32 Å². The quantitative estimate of drug-likeness (QED) is 0.760. The smallest absolute Gasteiger partial charge is 0.156 e. The number of rotatable bonds is 2. The summed E-state index contributed by atoms with van der Waals surface area (Å²) in [6.45, 7) is 7.85. The summed E-state index contributed by atoms with van der Waals surface area (Å²) in [7, 11) is 0. The molecule has 0 radical (unpaired) electrons. The van der Waals surface area contributed by atoms with Gasteiger partial charge in [-0.15, -0.1) is 0 Å². The number of hydrogen-bond acceptors (Lipinski definition) is 3. The Labute approximate surface area is 90.9 Å². The van der Waals surface area contributed by atoms with Crippen LogP contribution in [0, 0.1) is 11.8 Å². The van der Waals surface area contributed by atoms with E-state index in [1.165, 1.54) is 23.8 Å². The van der Waals surface area contributed by atoms with Gasteiger partial charge in [-0.3, -0.25) is 4.99 Å². The summed E-state index contributed by atoms with van der Waals surface area (Å²) >= 11 is 1.88. The zero-order chi connectivity index (χ0) is 10.2. The summed E-state index contributed by atoms with van der Waals surface area (Å²) < 4.78 is 0. The minimum atomic E-state index is 0.256. The van der Waals surface area contributed by atoms with Gasteiger partial charge in [0.1, 0.15) is 0 Å². The van der Waals surface area contributed by atoms with Crippen molar-refractivity contribution in [3.63, 3.8) is 0 Å².